The number of nitrogens with zero attached hydrogens (tertiary/aromatic N) is 11. The van der Waals surface area contributed by atoms with Gasteiger partial charge in [-0.25, -0.2) is 34.0 Å². The Morgan fingerprint density at radius 2 is 0.971 bits per heavy atom. The number of nitrogens with two attached hydrogens (primary N) is 4. The van der Waals surface area contributed by atoms with Crippen molar-refractivity contribution in [3.63, 3.8) is 0 Å². The van der Waals surface area contributed by atoms with Gasteiger partial charge in [0, 0.05) is 144 Å². The number of rotatable bonds is 19. The molecule has 11 heterocycles. The molecule has 11 rings (SSSR count). The third kappa shape index (κ3) is 45.2. The molecular weight excluding hydrogens is 1880 g/mol. The predicted molar refractivity (Wildman–Crippen MR) is 431 cm³/mol. The van der Waals surface area contributed by atoms with E-state index in [-0.39, 0.29) is 100 Å². The van der Waals surface area contributed by atoms with Crippen LogP contribution in [-0.4, -0.2) is 132 Å². The van der Waals surface area contributed by atoms with Gasteiger partial charge in [0.25, 0.3) is 6.48 Å². The van der Waals surface area contributed by atoms with Gasteiger partial charge in [0.15, 0.2) is 49.0 Å². The summed E-state index contributed by atoms with van der Waals surface area (Å²) in [7, 11) is 3.87. The second-order valence-corrected chi connectivity index (χ2v) is 28.2. The van der Waals surface area contributed by atoms with Gasteiger partial charge in [0.1, 0.15) is 18.5 Å². The van der Waals surface area contributed by atoms with Crippen molar-refractivity contribution in [2.24, 2.45) is 22.8 Å². The molecule has 0 amide bonds. The number of ether oxygens (including phenoxy) is 9. The van der Waals surface area contributed by atoms with E-state index >= 15 is 0 Å². The Kier molecular flexibility index (Phi) is 65.1. The van der Waals surface area contributed by atoms with E-state index in [2.05, 4.69) is 168 Å². The fourth-order valence-corrected chi connectivity index (χ4v) is 10.8. The summed E-state index contributed by atoms with van der Waals surface area (Å²) in [5, 5.41) is 43.3. The van der Waals surface area contributed by atoms with Crippen molar-refractivity contribution in [3.05, 3.63) is 174 Å². The SMILES string of the molecule is Brc1cc(COC2CCCCO2)c2ncnn2c1.C.CCOC(OCC)OCC.Cl.Fc1ncc(Br)cc1COC1CCCCO1.NCc1ncc(Br)cc1COC1CCCCO1.NN.Nc1ncc(Br)cc1CO.O=N[O-].OCc1cc(Br)cn2ncnc12.OCc1cc(Br)cnc1F.[2H]P.[3H][P+](P)=S.[Na+]. The molecule has 105 heavy (non-hydrogen) atoms. The fraction of sp³-hybridized carbons (Fsp3) is 0.484. The minimum absolute atomic E-state index is 0. The maximum atomic E-state index is 13.3. The van der Waals surface area contributed by atoms with Crippen molar-refractivity contribution in [1.29, 1.82) is 2.56 Å². The molecule has 3 aliphatic rings. The minimum Gasteiger partial charge on any atom is -0.444 e. The summed E-state index contributed by atoms with van der Waals surface area (Å²) in [6, 6.07) is 10.7. The Balaban J connectivity index is -0.00000116. The van der Waals surface area contributed by atoms with Gasteiger partial charge in [-0.15, -0.1) is 17.7 Å². The van der Waals surface area contributed by atoms with Gasteiger partial charge in [-0.1, -0.05) is 7.43 Å². The van der Waals surface area contributed by atoms with E-state index in [9.17, 15) is 8.78 Å². The Bertz CT molecular complexity index is 3580. The van der Waals surface area contributed by atoms with Crippen LogP contribution in [0.15, 0.2) is 118 Å². The Morgan fingerprint density at radius 1 is 0.638 bits per heavy atom. The summed E-state index contributed by atoms with van der Waals surface area (Å²) in [6.45, 7) is 9.75. The van der Waals surface area contributed by atoms with Crippen LogP contribution in [0.5, 0.6) is 0 Å². The average molecular weight is 1980 g/mol. The summed E-state index contributed by atoms with van der Waals surface area (Å²) in [4.78, 5) is 31.3. The molecule has 6 unspecified atom stereocenters. The van der Waals surface area contributed by atoms with Crippen molar-refractivity contribution >= 4 is 163 Å². The second-order valence-electron chi connectivity index (χ2n) is 19.9. The van der Waals surface area contributed by atoms with Crippen molar-refractivity contribution in [3.8, 4) is 0 Å². The molecule has 584 valence electrons. The van der Waals surface area contributed by atoms with Gasteiger partial charge >= 0.3 is 30.8 Å². The van der Waals surface area contributed by atoms with Gasteiger partial charge < -0.3 is 79.5 Å². The molecule has 29 nitrogen and oxygen atoms in total. The van der Waals surface area contributed by atoms with Crippen molar-refractivity contribution in [2.45, 2.75) is 158 Å². The van der Waals surface area contributed by atoms with Crippen LogP contribution in [0.4, 0.5) is 14.6 Å². The number of aromatic nitrogens is 10. The minimum atomic E-state index is -0.870. The van der Waals surface area contributed by atoms with E-state index in [1.54, 1.807) is 55.9 Å². The van der Waals surface area contributed by atoms with Gasteiger partial charge in [0.2, 0.25) is 11.9 Å². The number of nitrogen functional groups attached to an aromatic ring is 1. The van der Waals surface area contributed by atoms with E-state index < -0.39 is 25.4 Å². The van der Waals surface area contributed by atoms with Crippen LogP contribution < -0.4 is 52.7 Å². The van der Waals surface area contributed by atoms with Gasteiger partial charge in [-0.3, -0.25) is 16.7 Å². The zero-order valence-corrected chi connectivity index (χ0v) is 73.8. The quantitative estimate of drug-likeness (QED) is 0.00752. The van der Waals surface area contributed by atoms with Crippen molar-refractivity contribution < 1.29 is 96.3 Å². The molecule has 3 saturated heterocycles. The summed E-state index contributed by atoms with van der Waals surface area (Å²) < 4.78 is 94.9. The molecule has 8 aromatic rings. The number of hydrogen-bond donors (Lipinski definition) is 7. The predicted octanol–water partition coefficient (Wildman–Crippen LogP) is 10.8. The summed E-state index contributed by atoms with van der Waals surface area (Å²) >= 11 is 24.0. The van der Waals surface area contributed by atoms with Crippen molar-refractivity contribution in [2.75, 3.05) is 45.4 Å². The van der Waals surface area contributed by atoms with E-state index in [1.807, 2.05) is 45.2 Å². The number of halogens is 9. The van der Waals surface area contributed by atoms with Crippen molar-refractivity contribution in [1.82, 2.24) is 49.1 Å². The first kappa shape index (κ1) is 103. The van der Waals surface area contributed by atoms with E-state index in [4.69, 9.17) is 82.1 Å². The van der Waals surface area contributed by atoms with Gasteiger partial charge in [0.05, 0.1) is 55.5 Å². The summed E-state index contributed by atoms with van der Waals surface area (Å²) in [5.74, 6) is 7.27. The van der Waals surface area contributed by atoms with Crippen LogP contribution in [0.2, 0.25) is 0 Å². The molecule has 43 heteroatoms. The Labute approximate surface area is 703 Å². The topological polar surface area (TPSA) is 412 Å². The number of pyridine rings is 6. The molecule has 0 bridgehead atoms. The maximum Gasteiger partial charge on any atom is 1.00 e. The number of hydrazine groups is 1. The molecule has 3 aliphatic heterocycles. The Morgan fingerprint density at radius 3 is 1.34 bits per heavy atom. The molecule has 11 N–H and O–H groups in total. The molecule has 0 spiro atoms. The van der Waals surface area contributed by atoms with Gasteiger partial charge in [-0.2, -0.15) is 28.8 Å². The van der Waals surface area contributed by atoms with E-state index in [0.29, 0.717) is 66.6 Å². The second kappa shape index (κ2) is 66.5. The first-order chi connectivity index (χ1) is 50.1. The number of anilines is 1. The van der Waals surface area contributed by atoms with Crippen LogP contribution in [-0.2, 0) is 101 Å². The third-order valence-corrected chi connectivity index (χ3v) is 15.5. The van der Waals surface area contributed by atoms with E-state index in [0.717, 1.165) is 121 Å². The van der Waals surface area contributed by atoms with Crippen LogP contribution in [0.25, 0.3) is 11.3 Å². The summed E-state index contributed by atoms with van der Waals surface area (Å²) in [6.07, 6.45) is 22.0. The molecule has 6 atom stereocenters. The van der Waals surface area contributed by atoms with Crippen LogP contribution in [0.1, 0.15) is 125 Å². The number of fused-ring (bicyclic) bond motifs is 2. The standard InChI is InChI=1S/C12H14BrN3O2.C12H17BrN2O2.C11H13BrFNO2.C7H6BrN3O.C7H16O3.C6H5BrFNO.C6H7BrN2O.CH4.ClH.H4N2.HNO2.Na.H2P2S.H3P/c13-10-5-9(12-14-8-15-16(12)6-10)7-18-11-3-1-2-4-17-11;13-10-5-9(11(6-14)15-7-10)8-17-12-3-1-2-4-16-12;12-9-5-8(11(13)14-6-9)7-16-10-3-1-2-4-15-10;8-6-1-5(3-12)7-9-4-10-11(7)2-6;1-4-8-7(9-5-2)10-6-3;2*7-5-1-4(3-10)6(8)9-2-5;;;1-2;2-1-3;;1-2-3;/h5-6,8,11H,1-4,7H2;5,7,12H,1-4,6,8,14H2;5-6,10H,1-4,7H2;1-2,4,12H,3H2;7H,4-6H2,1-3H3;1-2,10H,3H2;1-2,10H,3H2,(H2,8,9);1H4;1H;1-2H2;(H,2,3);;1H2;1H3/q;;;;;;;;;;;+1;;/i;;;;;;;;;;;;;1D/hT. The number of hydrogen-bond acceptors (Lipinski definition) is 28. The largest absolute Gasteiger partial charge is 1.00 e. The van der Waals surface area contributed by atoms with Crippen LogP contribution in [0.3, 0.4) is 0 Å². The number of aliphatic hydroxyl groups excluding tert-OH is 3. The monoisotopic (exact) mass is 1970 g/mol. The first-order valence-electron chi connectivity index (χ1n) is 31.8. The number of aliphatic hydroxyl groups is 3. The maximum absolute atomic E-state index is 13.3. The van der Waals surface area contributed by atoms with E-state index in [1.165, 1.54) is 37.6 Å². The molecule has 0 aromatic carbocycles. The smallest absolute Gasteiger partial charge is 0.444 e. The molecule has 0 saturated carbocycles. The molecule has 8 aromatic heterocycles. The molecule has 3 fully saturated rings. The molecule has 0 aliphatic carbocycles. The first-order valence-corrected chi connectivity index (χ1v) is 39.1. The summed E-state index contributed by atoms with van der Waals surface area (Å²) in [5.41, 5.74) is 17.6. The Hall–Kier alpha value is -2.15. The molecule has 0 radical (unpaired) electrons. The van der Waals surface area contributed by atoms with Crippen LogP contribution in [0, 0.1) is 22.0 Å². The zero-order valence-electron chi connectivity index (χ0n) is 59.5. The normalized spacial score (nSPS) is 14.8. The zero-order chi connectivity index (χ0) is 77.6. The molecular formula is C62H93Br6ClF2N15NaO14P3S+. The average Bonchev–Trinajstić information content (AvgIpc) is 1.72. The fourth-order valence-electron chi connectivity index (χ4n) is 8.35. The third-order valence-electron chi connectivity index (χ3n) is 12.9. The van der Waals surface area contributed by atoms with Gasteiger partial charge in [-0.05, 0) is 211 Å². The van der Waals surface area contributed by atoms with Crippen LogP contribution >= 0.6 is 134 Å².